The highest BCUT2D eigenvalue weighted by atomic mass is 79.9. The van der Waals surface area contributed by atoms with Crippen LogP contribution >= 0.6 is 27.5 Å². The van der Waals surface area contributed by atoms with E-state index in [1.807, 2.05) is 25.1 Å². The Bertz CT molecular complexity index is 516. The van der Waals surface area contributed by atoms with Crippen LogP contribution in [0, 0.1) is 6.92 Å². The van der Waals surface area contributed by atoms with Gasteiger partial charge in [-0.25, -0.2) is 9.97 Å². The SMILES string of the molecule is Cc1cc(Nc2cc(Cl)ncn2)ccc1Br. The molecular weight excluding hydrogens is 289 g/mol. The molecule has 1 heterocycles. The van der Waals surface area contributed by atoms with Gasteiger partial charge in [0.2, 0.25) is 0 Å². The molecule has 0 aliphatic carbocycles. The van der Waals surface area contributed by atoms with Gasteiger partial charge in [-0.1, -0.05) is 27.5 Å². The van der Waals surface area contributed by atoms with Crippen molar-refractivity contribution in [3.63, 3.8) is 0 Å². The first-order valence-electron chi connectivity index (χ1n) is 4.66. The molecule has 0 spiro atoms. The zero-order valence-electron chi connectivity index (χ0n) is 8.54. The summed E-state index contributed by atoms with van der Waals surface area (Å²) in [7, 11) is 0. The van der Waals surface area contributed by atoms with Crippen LogP contribution in [0.25, 0.3) is 0 Å². The molecule has 0 aliphatic rings. The molecule has 2 rings (SSSR count). The fourth-order valence-corrected chi connectivity index (χ4v) is 1.67. The summed E-state index contributed by atoms with van der Waals surface area (Å²) in [6.07, 6.45) is 1.43. The molecular formula is C11H9BrClN3. The topological polar surface area (TPSA) is 37.8 Å². The lowest BCUT2D eigenvalue weighted by molar-refractivity contribution is 1.17. The first-order chi connectivity index (χ1) is 7.65. The molecule has 16 heavy (non-hydrogen) atoms. The van der Waals surface area contributed by atoms with E-state index in [1.165, 1.54) is 6.33 Å². The first kappa shape index (κ1) is 11.4. The van der Waals surface area contributed by atoms with Gasteiger partial charge in [0, 0.05) is 16.2 Å². The molecule has 0 aliphatic heterocycles. The lowest BCUT2D eigenvalue weighted by atomic mass is 10.2. The number of aryl methyl sites for hydroxylation is 1. The summed E-state index contributed by atoms with van der Waals surface area (Å²) >= 11 is 9.22. The van der Waals surface area contributed by atoms with Crippen molar-refractivity contribution in [1.29, 1.82) is 0 Å². The Labute approximate surface area is 107 Å². The van der Waals surface area contributed by atoms with Crippen LogP contribution in [0.5, 0.6) is 0 Å². The highest BCUT2D eigenvalue weighted by molar-refractivity contribution is 9.10. The molecule has 5 heteroatoms. The molecule has 0 saturated heterocycles. The van der Waals surface area contributed by atoms with E-state index in [1.54, 1.807) is 6.07 Å². The summed E-state index contributed by atoms with van der Waals surface area (Å²) in [4.78, 5) is 7.89. The Morgan fingerprint density at radius 2 is 2.06 bits per heavy atom. The molecule has 3 nitrogen and oxygen atoms in total. The van der Waals surface area contributed by atoms with Crippen LogP contribution in [0.3, 0.4) is 0 Å². The lowest BCUT2D eigenvalue weighted by Gasteiger charge is -2.07. The van der Waals surface area contributed by atoms with Crippen molar-refractivity contribution in [2.45, 2.75) is 6.92 Å². The Morgan fingerprint density at radius 1 is 1.25 bits per heavy atom. The maximum absolute atomic E-state index is 5.77. The van der Waals surface area contributed by atoms with Gasteiger partial charge in [0.15, 0.2) is 0 Å². The van der Waals surface area contributed by atoms with Crippen molar-refractivity contribution in [1.82, 2.24) is 9.97 Å². The van der Waals surface area contributed by atoms with E-state index in [9.17, 15) is 0 Å². The summed E-state index contributed by atoms with van der Waals surface area (Å²) in [6, 6.07) is 7.66. The number of aromatic nitrogens is 2. The van der Waals surface area contributed by atoms with Crippen LogP contribution in [-0.2, 0) is 0 Å². The van der Waals surface area contributed by atoms with Gasteiger partial charge in [0.05, 0.1) is 0 Å². The highest BCUT2D eigenvalue weighted by Gasteiger charge is 2.00. The van der Waals surface area contributed by atoms with E-state index >= 15 is 0 Å². The monoisotopic (exact) mass is 297 g/mol. The number of benzene rings is 1. The Hall–Kier alpha value is -1.13. The van der Waals surface area contributed by atoms with Crippen LogP contribution in [0.15, 0.2) is 35.1 Å². The van der Waals surface area contributed by atoms with Crippen LogP contribution in [0.2, 0.25) is 5.15 Å². The van der Waals surface area contributed by atoms with Gasteiger partial charge in [-0.3, -0.25) is 0 Å². The van der Waals surface area contributed by atoms with Crippen molar-refractivity contribution in [3.8, 4) is 0 Å². The van der Waals surface area contributed by atoms with Crippen LogP contribution < -0.4 is 5.32 Å². The fourth-order valence-electron chi connectivity index (χ4n) is 1.27. The molecule has 1 aromatic carbocycles. The summed E-state index contributed by atoms with van der Waals surface area (Å²) in [5.41, 5.74) is 2.13. The van der Waals surface area contributed by atoms with E-state index in [4.69, 9.17) is 11.6 Å². The second-order valence-electron chi connectivity index (χ2n) is 3.31. The van der Waals surface area contributed by atoms with Crippen molar-refractivity contribution in [2.24, 2.45) is 0 Å². The fraction of sp³-hybridized carbons (Fsp3) is 0.0909. The molecule has 0 atom stereocenters. The Balaban J connectivity index is 2.24. The summed E-state index contributed by atoms with van der Waals surface area (Å²) in [5, 5.41) is 3.58. The average molecular weight is 299 g/mol. The van der Waals surface area contributed by atoms with E-state index in [2.05, 4.69) is 31.2 Å². The second kappa shape index (κ2) is 4.80. The number of halogens is 2. The third-order valence-corrected chi connectivity index (χ3v) is 3.16. The number of hydrogen-bond donors (Lipinski definition) is 1. The number of hydrogen-bond acceptors (Lipinski definition) is 3. The first-order valence-corrected chi connectivity index (χ1v) is 5.83. The van der Waals surface area contributed by atoms with Crippen molar-refractivity contribution < 1.29 is 0 Å². The minimum Gasteiger partial charge on any atom is -0.340 e. The van der Waals surface area contributed by atoms with Gasteiger partial charge < -0.3 is 5.32 Å². The molecule has 0 unspecified atom stereocenters. The predicted molar refractivity (Wildman–Crippen MR) is 69.2 cm³/mol. The van der Waals surface area contributed by atoms with E-state index in [-0.39, 0.29) is 0 Å². The van der Waals surface area contributed by atoms with Gasteiger partial charge in [-0.15, -0.1) is 0 Å². The van der Waals surface area contributed by atoms with Gasteiger partial charge >= 0.3 is 0 Å². The molecule has 0 amide bonds. The van der Waals surface area contributed by atoms with Gasteiger partial charge in [0.25, 0.3) is 0 Å². The summed E-state index contributed by atoms with van der Waals surface area (Å²) < 4.78 is 1.08. The smallest absolute Gasteiger partial charge is 0.135 e. The van der Waals surface area contributed by atoms with Crippen molar-refractivity contribution in [3.05, 3.63) is 45.8 Å². The molecule has 0 saturated carbocycles. The molecule has 0 radical (unpaired) electrons. The quantitative estimate of drug-likeness (QED) is 0.853. The third-order valence-electron chi connectivity index (χ3n) is 2.06. The van der Waals surface area contributed by atoms with E-state index in [0.717, 1.165) is 15.7 Å². The number of nitrogens with zero attached hydrogens (tertiary/aromatic N) is 2. The Kier molecular flexibility index (Phi) is 3.41. The summed E-state index contributed by atoms with van der Waals surface area (Å²) in [6.45, 7) is 2.03. The van der Waals surface area contributed by atoms with Crippen molar-refractivity contribution >= 4 is 39.0 Å². The number of anilines is 2. The molecule has 1 N–H and O–H groups in total. The maximum Gasteiger partial charge on any atom is 0.135 e. The average Bonchev–Trinajstić information content (AvgIpc) is 2.24. The van der Waals surface area contributed by atoms with Gasteiger partial charge in [-0.2, -0.15) is 0 Å². The van der Waals surface area contributed by atoms with Crippen molar-refractivity contribution in [2.75, 3.05) is 5.32 Å². The lowest BCUT2D eigenvalue weighted by Crippen LogP contribution is -1.94. The molecule has 82 valence electrons. The molecule has 2 aromatic rings. The second-order valence-corrected chi connectivity index (χ2v) is 4.56. The zero-order valence-corrected chi connectivity index (χ0v) is 10.9. The van der Waals surface area contributed by atoms with Gasteiger partial charge in [0.1, 0.15) is 17.3 Å². The zero-order chi connectivity index (χ0) is 11.5. The minimum atomic E-state index is 0.423. The maximum atomic E-state index is 5.77. The normalized spacial score (nSPS) is 10.2. The molecule has 0 fully saturated rings. The molecule has 1 aromatic heterocycles. The van der Waals surface area contributed by atoms with Gasteiger partial charge in [-0.05, 0) is 30.7 Å². The highest BCUT2D eigenvalue weighted by Crippen LogP contribution is 2.22. The predicted octanol–water partition coefficient (Wildman–Crippen LogP) is 3.94. The number of rotatable bonds is 2. The van der Waals surface area contributed by atoms with E-state index < -0.39 is 0 Å². The molecule has 0 bridgehead atoms. The largest absolute Gasteiger partial charge is 0.340 e. The van der Waals surface area contributed by atoms with Crippen LogP contribution in [0.1, 0.15) is 5.56 Å². The van der Waals surface area contributed by atoms with E-state index in [0.29, 0.717) is 11.0 Å². The standard InChI is InChI=1S/C11H9BrClN3/c1-7-4-8(2-3-9(7)12)16-11-5-10(13)14-6-15-11/h2-6H,1H3,(H,14,15,16). The van der Waals surface area contributed by atoms with Crippen LogP contribution in [0.4, 0.5) is 11.5 Å². The summed E-state index contributed by atoms with van der Waals surface area (Å²) in [5.74, 6) is 0.682. The minimum absolute atomic E-state index is 0.423. The third kappa shape index (κ3) is 2.71. The number of nitrogens with one attached hydrogen (secondary N) is 1. The van der Waals surface area contributed by atoms with Crippen LogP contribution in [-0.4, -0.2) is 9.97 Å². The Morgan fingerprint density at radius 3 is 2.75 bits per heavy atom.